The van der Waals surface area contributed by atoms with Gasteiger partial charge in [-0.05, 0) is 35.9 Å². The van der Waals surface area contributed by atoms with Gasteiger partial charge in [-0.25, -0.2) is 0 Å². The summed E-state index contributed by atoms with van der Waals surface area (Å²) in [4.78, 5) is 36.4. The normalized spacial score (nSPS) is 11.4. The van der Waals surface area contributed by atoms with Crippen LogP contribution in [0.3, 0.4) is 0 Å². The second kappa shape index (κ2) is 11.0. The lowest BCUT2D eigenvalue weighted by atomic mass is 10.1. The molecule has 0 aliphatic rings. The number of nitrogens with one attached hydrogen (secondary N) is 2. The summed E-state index contributed by atoms with van der Waals surface area (Å²) in [6.07, 6.45) is -0.325. The first-order valence-electron chi connectivity index (χ1n) is 9.70. The molecule has 3 N–H and O–H groups in total. The summed E-state index contributed by atoms with van der Waals surface area (Å²) in [5.74, 6) is -1.54. The van der Waals surface area contributed by atoms with Crippen molar-refractivity contribution in [1.82, 2.24) is 0 Å². The third kappa shape index (κ3) is 7.01. The number of aliphatic carboxylic acids is 1. The van der Waals surface area contributed by atoms with E-state index in [1.165, 1.54) is 11.8 Å². The minimum Gasteiger partial charge on any atom is -0.481 e. The first-order chi connectivity index (χ1) is 15.0. The van der Waals surface area contributed by atoms with Gasteiger partial charge in [0.05, 0.1) is 6.42 Å². The fourth-order valence-electron chi connectivity index (χ4n) is 2.86. The second-order valence-corrected chi connectivity index (χ2v) is 7.91. The van der Waals surface area contributed by atoms with Gasteiger partial charge >= 0.3 is 5.97 Å². The molecule has 0 aromatic heterocycles. The van der Waals surface area contributed by atoms with E-state index in [9.17, 15) is 14.4 Å². The number of carboxylic acid groups (broad SMARTS) is 1. The number of anilines is 2. The molecule has 0 spiro atoms. The highest BCUT2D eigenvalue weighted by Crippen LogP contribution is 2.37. The molecule has 0 radical (unpaired) electrons. The Morgan fingerprint density at radius 3 is 2.10 bits per heavy atom. The molecule has 0 fully saturated rings. The average molecular weight is 435 g/mol. The van der Waals surface area contributed by atoms with Gasteiger partial charge in [0.1, 0.15) is 5.25 Å². The summed E-state index contributed by atoms with van der Waals surface area (Å²) >= 11 is 1.37. The van der Waals surface area contributed by atoms with Crippen LogP contribution in [0.1, 0.15) is 23.7 Å². The van der Waals surface area contributed by atoms with Gasteiger partial charge in [-0.2, -0.15) is 0 Å². The zero-order valence-electron chi connectivity index (χ0n) is 16.7. The van der Waals surface area contributed by atoms with Crippen molar-refractivity contribution in [2.75, 3.05) is 10.6 Å². The molecule has 2 amide bonds. The maximum atomic E-state index is 13.1. The first kappa shape index (κ1) is 22.1. The molecular weight excluding hydrogens is 412 g/mol. The molecule has 0 aliphatic carbocycles. The van der Waals surface area contributed by atoms with E-state index in [0.29, 0.717) is 11.4 Å². The van der Waals surface area contributed by atoms with Gasteiger partial charge in [-0.1, -0.05) is 54.6 Å². The van der Waals surface area contributed by atoms with Gasteiger partial charge in [0.15, 0.2) is 0 Å². The summed E-state index contributed by atoms with van der Waals surface area (Å²) < 4.78 is 0. The molecule has 3 rings (SSSR count). The van der Waals surface area contributed by atoms with Crippen molar-refractivity contribution >= 4 is 40.9 Å². The van der Waals surface area contributed by atoms with Gasteiger partial charge in [-0.15, -0.1) is 11.8 Å². The topological polar surface area (TPSA) is 95.5 Å². The lowest BCUT2D eigenvalue weighted by molar-refractivity contribution is -0.138. The number of carbonyl (C=O) groups is 3. The maximum absolute atomic E-state index is 13.1. The van der Waals surface area contributed by atoms with Crippen LogP contribution in [0.4, 0.5) is 11.4 Å². The van der Waals surface area contributed by atoms with Crippen LogP contribution in [0.5, 0.6) is 0 Å². The standard InChI is InChI=1S/C24H22N2O4S/c27-21(14-15-22(28)29)25-19-12-7-13-20(16-19)31-23(17-8-3-1-4-9-17)24(30)26-18-10-5-2-6-11-18/h1-13,16,23H,14-15H2,(H,25,27)(H,26,30)(H,28,29). The van der Waals surface area contributed by atoms with E-state index in [1.54, 1.807) is 18.2 Å². The van der Waals surface area contributed by atoms with Crippen molar-refractivity contribution in [2.24, 2.45) is 0 Å². The number of benzene rings is 3. The average Bonchev–Trinajstić information content (AvgIpc) is 2.77. The van der Waals surface area contributed by atoms with E-state index in [2.05, 4.69) is 10.6 Å². The molecule has 3 aromatic rings. The van der Waals surface area contributed by atoms with Gasteiger partial charge in [0.2, 0.25) is 11.8 Å². The highest BCUT2D eigenvalue weighted by atomic mass is 32.2. The summed E-state index contributed by atoms with van der Waals surface area (Å²) in [5, 5.41) is 13.9. The first-order valence-corrected chi connectivity index (χ1v) is 10.6. The molecule has 1 unspecified atom stereocenters. The Hall–Kier alpha value is -3.58. The minimum atomic E-state index is -1.02. The van der Waals surface area contributed by atoms with Crippen molar-refractivity contribution in [1.29, 1.82) is 0 Å². The Balaban J connectivity index is 1.76. The van der Waals surface area contributed by atoms with Crippen LogP contribution in [0.25, 0.3) is 0 Å². The van der Waals surface area contributed by atoms with E-state index in [1.807, 2.05) is 66.7 Å². The largest absolute Gasteiger partial charge is 0.481 e. The van der Waals surface area contributed by atoms with Crippen LogP contribution in [0.15, 0.2) is 89.8 Å². The number of hydrogen-bond acceptors (Lipinski definition) is 4. The number of hydrogen-bond donors (Lipinski definition) is 3. The Kier molecular flexibility index (Phi) is 7.84. The monoisotopic (exact) mass is 434 g/mol. The lowest BCUT2D eigenvalue weighted by Gasteiger charge is -2.17. The van der Waals surface area contributed by atoms with Crippen LogP contribution in [0.2, 0.25) is 0 Å². The fraction of sp³-hybridized carbons (Fsp3) is 0.125. The van der Waals surface area contributed by atoms with Crippen LogP contribution in [-0.4, -0.2) is 22.9 Å². The Bertz CT molecular complexity index is 1040. The second-order valence-electron chi connectivity index (χ2n) is 6.73. The van der Waals surface area contributed by atoms with Gasteiger partial charge in [0.25, 0.3) is 0 Å². The highest BCUT2D eigenvalue weighted by molar-refractivity contribution is 8.00. The SMILES string of the molecule is O=C(O)CCC(=O)Nc1cccc(SC(C(=O)Nc2ccccc2)c2ccccc2)c1. The zero-order valence-corrected chi connectivity index (χ0v) is 17.5. The summed E-state index contributed by atoms with van der Waals surface area (Å²) in [6, 6.07) is 25.9. The molecule has 3 aromatic carbocycles. The molecule has 0 bridgehead atoms. The molecule has 0 aliphatic heterocycles. The zero-order chi connectivity index (χ0) is 22.1. The van der Waals surface area contributed by atoms with Gasteiger partial charge in [0, 0.05) is 22.7 Å². The molecule has 6 nitrogen and oxygen atoms in total. The number of para-hydroxylation sites is 1. The van der Waals surface area contributed by atoms with Crippen molar-refractivity contribution in [2.45, 2.75) is 23.0 Å². The Labute approximate surface area is 184 Å². The van der Waals surface area contributed by atoms with Crippen LogP contribution >= 0.6 is 11.8 Å². The molecule has 0 saturated heterocycles. The van der Waals surface area contributed by atoms with Crippen molar-refractivity contribution in [3.8, 4) is 0 Å². The van der Waals surface area contributed by atoms with E-state index < -0.39 is 11.2 Å². The molecule has 1 atom stereocenters. The molecule has 31 heavy (non-hydrogen) atoms. The summed E-state index contributed by atoms with van der Waals surface area (Å²) in [6.45, 7) is 0. The molecule has 0 saturated carbocycles. The predicted octanol–water partition coefficient (Wildman–Crippen LogP) is 4.96. The van der Waals surface area contributed by atoms with E-state index in [0.717, 1.165) is 10.5 Å². The van der Waals surface area contributed by atoms with E-state index in [4.69, 9.17) is 5.11 Å². The Morgan fingerprint density at radius 2 is 1.42 bits per heavy atom. The fourth-order valence-corrected chi connectivity index (χ4v) is 3.94. The van der Waals surface area contributed by atoms with E-state index >= 15 is 0 Å². The summed E-state index contributed by atoms with van der Waals surface area (Å²) in [7, 11) is 0. The quantitative estimate of drug-likeness (QED) is 0.414. The number of amides is 2. The number of rotatable bonds is 9. The lowest BCUT2D eigenvalue weighted by Crippen LogP contribution is -2.19. The van der Waals surface area contributed by atoms with Crippen LogP contribution < -0.4 is 10.6 Å². The van der Waals surface area contributed by atoms with Crippen molar-refractivity contribution < 1.29 is 19.5 Å². The smallest absolute Gasteiger partial charge is 0.303 e. The van der Waals surface area contributed by atoms with Gasteiger partial charge in [-0.3, -0.25) is 14.4 Å². The molecule has 0 heterocycles. The van der Waals surface area contributed by atoms with Crippen molar-refractivity contribution in [3.63, 3.8) is 0 Å². The maximum Gasteiger partial charge on any atom is 0.303 e. The highest BCUT2D eigenvalue weighted by Gasteiger charge is 2.22. The molecular formula is C24H22N2O4S. The van der Waals surface area contributed by atoms with Crippen LogP contribution in [-0.2, 0) is 14.4 Å². The van der Waals surface area contributed by atoms with E-state index in [-0.39, 0.29) is 24.7 Å². The third-order valence-corrected chi connectivity index (χ3v) is 5.57. The van der Waals surface area contributed by atoms with Gasteiger partial charge < -0.3 is 15.7 Å². The van der Waals surface area contributed by atoms with Crippen molar-refractivity contribution in [3.05, 3.63) is 90.5 Å². The number of carbonyl (C=O) groups excluding carboxylic acids is 2. The predicted molar refractivity (Wildman–Crippen MR) is 122 cm³/mol. The number of carboxylic acids is 1. The minimum absolute atomic E-state index is 0.0984. The molecule has 7 heteroatoms. The summed E-state index contributed by atoms with van der Waals surface area (Å²) in [5.41, 5.74) is 2.13. The molecule has 158 valence electrons. The van der Waals surface area contributed by atoms with Crippen LogP contribution in [0, 0.1) is 0 Å². The number of thioether (sulfide) groups is 1. The third-order valence-electron chi connectivity index (χ3n) is 4.32. The Morgan fingerprint density at radius 1 is 0.774 bits per heavy atom.